The number of aromatic hydroxyl groups is 1. The molecule has 0 unspecified atom stereocenters. The maximum absolute atomic E-state index is 13.2. The van der Waals surface area contributed by atoms with Gasteiger partial charge in [0.2, 0.25) is 0 Å². The van der Waals surface area contributed by atoms with Crippen molar-refractivity contribution in [1.29, 1.82) is 0 Å². The molecule has 2 aromatic rings. The number of rotatable bonds is 3. The van der Waals surface area contributed by atoms with E-state index in [-0.39, 0.29) is 21.4 Å². The summed E-state index contributed by atoms with van der Waals surface area (Å²) in [6, 6.07) is 7.64. The molecule has 0 aromatic heterocycles. The summed E-state index contributed by atoms with van der Waals surface area (Å²) in [5, 5.41) is 9.69. The number of phenolic OH excluding ortho intramolecular Hbond substituents is 1. The normalized spacial score (nSPS) is 11.3. The lowest BCUT2D eigenvalue weighted by Gasteiger charge is -2.12. The number of aryl methyl sites for hydroxylation is 1. The zero-order chi connectivity index (χ0) is 14.9. The Bertz CT molecular complexity index is 762. The number of nitrogens with one attached hydrogen (secondary N) is 1. The van der Waals surface area contributed by atoms with Crippen LogP contribution < -0.4 is 4.72 Å². The maximum atomic E-state index is 13.2. The summed E-state index contributed by atoms with van der Waals surface area (Å²) in [6.07, 6.45) is 0. The lowest BCUT2D eigenvalue weighted by atomic mass is 10.2. The van der Waals surface area contributed by atoms with Crippen LogP contribution in [0.3, 0.4) is 0 Å². The highest BCUT2D eigenvalue weighted by Gasteiger charge is 2.20. The van der Waals surface area contributed by atoms with Crippen molar-refractivity contribution >= 4 is 27.3 Å². The zero-order valence-corrected chi connectivity index (χ0v) is 12.0. The van der Waals surface area contributed by atoms with E-state index in [1.807, 2.05) is 0 Å². The Hall–Kier alpha value is -1.79. The molecule has 2 aromatic carbocycles. The van der Waals surface area contributed by atoms with Gasteiger partial charge in [0.25, 0.3) is 10.0 Å². The van der Waals surface area contributed by atoms with E-state index in [0.29, 0.717) is 5.56 Å². The molecule has 2 rings (SSSR count). The van der Waals surface area contributed by atoms with E-state index in [4.69, 9.17) is 11.6 Å². The van der Waals surface area contributed by atoms with Crippen molar-refractivity contribution in [3.05, 3.63) is 52.8 Å². The molecule has 0 saturated heterocycles. The van der Waals surface area contributed by atoms with Crippen LogP contribution in [0.5, 0.6) is 5.75 Å². The average Bonchev–Trinajstić information content (AvgIpc) is 2.37. The summed E-state index contributed by atoms with van der Waals surface area (Å²) >= 11 is 5.77. The van der Waals surface area contributed by atoms with Crippen LogP contribution in [0.15, 0.2) is 41.3 Å². The van der Waals surface area contributed by atoms with Crippen molar-refractivity contribution in [3.8, 4) is 5.75 Å². The first-order valence-electron chi connectivity index (χ1n) is 5.58. The molecule has 0 bridgehead atoms. The first kappa shape index (κ1) is 14.6. The summed E-state index contributed by atoms with van der Waals surface area (Å²) in [4.78, 5) is -0.389. The summed E-state index contributed by atoms with van der Waals surface area (Å²) in [6.45, 7) is 1.63. The topological polar surface area (TPSA) is 66.4 Å². The number of sulfonamides is 1. The van der Waals surface area contributed by atoms with Crippen LogP contribution in [0.25, 0.3) is 0 Å². The Balaban J connectivity index is 2.46. The van der Waals surface area contributed by atoms with Crippen LogP contribution in [-0.4, -0.2) is 13.5 Å². The van der Waals surface area contributed by atoms with E-state index < -0.39 is 15.8 Å². The molecule has 20 heavy (non-hydrogen) atoms. The molecule has 0 aliphatic rings. The molecule has 0 aliphatic carbocycles. The molecule has 0 atom stereocenters. The highest BCUT2D eigenvalue weighted by atomic mass is 35.5. The van der Waals surface area contributed by atoms with Gasteiger partial charge in [-0.05, 0) is 36.8 Å². The molecule has 106 valence electrons. The third-order valence-corrected chi connectivity index (χ3v) is 4.51. The zero-order valence-electron chi connectivity index (χ0n) is 10.4. The van der Waals surface area contributed by atoms with Crippen molar-refractivity contribution in [3.63, 3.8) is 0 Å². The summed E-state index contributed by atoms with van der Waals surface area (Å²) in [5.74, 6) is -0.910. The first-order valence-corrected chi connectivity index (χ1v) is 7.44. The molecule has 7 heteroatoms. The van der Waals surface area contributed by atoms with Crippen molar-refractivity contribution in [2.75, 3.05) is 4.72 Å². The fourth-order valence-electron chi connectivity index (χ4n) is 1.62. The van der Waals surface area contributed by atoms with Crippen LogP contribution in [0.4, 0.5) is 10.1 Å². The number of phenols is 1. The van der Waals surface area contributed by atoms with E-state index in [0.717, 1.165) is 18.2 Å². The van der Waals surface area contributed by atoms with E-state index >= 15 is 0 Å². The number of hydrogen-bond donors (Lipinski definition) is 2. The number of halogens is 2. The second-order valence-electron chi connectivity index (χ2n) is 4.15. The lowest BCUT2D eigenvalue weighted by Crippen LogP contribution is -2.14. The van der Waals surface area contributed by atoms with Gasteiger partial charge in [0.05, 0.1) is 10.7 Å². The number of anilines is 1. The van der Waals surface area contributed by atoms with Crippen LogP contribution in [0, 0.1) is 12.7 Å². The quantitative estimate of drug-likeness (QED) is 0.854. The maximum Gasteiger partial charge on any atom is 0.263 e. The van der Waals surface area contributed by atoms with Crippen molar-refractivity contribution in [1.82, 2.24) is 0 Å². The van der Waals surface area contributed by atoms with Gasteiger partial charge in [-0.3, -0.25) is 4.72 Å². The summed E-state index contributed by atoms with van der Waals surface area (Å²) in [5.41, 5.74) is 0.515. The second kappa shape index (κ2) is 5.30. The monoisotopic (exact) mass is 315 g/mol. The minimum atomic E-state index is -4.09. The van der Waals surface area contributed by atoms with Gasteiger partial charge in [-0.15, -0.1) is 0 Å². The Morgan fingerprint density at radius 1 is 1.25 bits per heavy atom. The third-order valence-electron chi connectivity index (χ3n) is 2.66. The standard InChI is InChI=1S/C13H11ClFNO3S/c1-8-3-2-4-11(13(8)17)16-20(18,19)12-7-9(15)5-6-10(12)14/h2-7,16-17H,1H3. The highest BCUT2D eigenvalue weighted by molar-refractivity contribution is 7.92. The van der Waals surface area contributed by atoms with Gasteiger partial charge in [0.1, 0.15) is 16.5 Å². The molecule has 0 radical (unpaired) electrons. The van der Waals surface area contributed by atoms with Crippen LogP contribution in [0.1, 0.15) is 5.56 Å². The smallest absolute Gasteiger partial charge is 0.263 e. The molecular weight excluding hydrogens is 305 g/mol. The fourth-order valence-corrected chi connectivity index (χ4v) is 3.20. The lowest BCUT2D eigenvalue weighted by molar-refractivity contribution is 0.473. The molecule has 0 heterocycles. The largest absolute Gasteiger partial charge is 0.505 e. The Labute approximate surface area is 120 Å². The van der Waals surface area contributed by atoms with Crippen molar-refractivity contribution < 1.29 is 17.9 Å². The number of benzene rings is 2. The van der Waals surface area contributed by atoms with Crippen LogP contribution in [0.2, 0.25) is 5.02 Å². The Morgan fingerprint density at radius 2 is 1.95 bits per heavy atom. The predicted molar refractivity (Wildman–Crippen MR) is 75.1 cm³/mol. The van der Waals surface area contributed by atoms with Gasteiger partial charge < -0.3 is 5.11 Å². The van der Waals surface area contributed by atoms with Gasteiger partial charge in [0.15, 0.2) is 0 Å². The van der Waals surface area contributed by atoms with Gasteiger partial charge in [-0.25, -0.2) is 12.8 Å². The van der Waals surface area contributed by atoms with Gasteiger partial charge in [0, 0.05) is 0 Å². The molecular formula is C13H11ClFNO3S. The Kier molecular flexibility index (Phi) is 3.87. The second-order valence-corrected chi connectivity index (χ2v) is 6.21. The van der Waals surface area contributed by atoms with Gasteiger partial charge >= 0.3 is 0 Å². The Morgan fingerprint density at radius 3 is 2.65 bits per heavy atom. The summed E-state index contributed by atoms with van der Waals surface area (Å²) < 4.78 is 39.7. The minimum Gasteiger partial charge on any atom is -0.505 e. The SMILES string of the molecule is Cc1cccc(NS(=O)(=O)c2cc(F)ccc2Cl)c1O. The third kappa shape index (κ3) is 2.86. The molecule has 0 fully saturated rings. The van der Waals surface area contributed by atoms with E-state index in [2.05, 4.69) is 4.72 Å². The number of para-hydroxylation sites is 1. The van der Waals surface area contributed by atoms with E-state index in [1.54, 1.807) is 19.1 Å². The van der Waals surface area contributed by atoms with Gasteiger partial charge in [-0.1, -0.05) is 23.7 Å². The highest BCUT2D eigenvalue weighted by Crippen LogP contribution is 2.30. The minimum absolute atomic E-state index is 0.00493. The van der Waals surface area contributed by atoms with Crippen molar-refractivity contribution in [2.45, 2.75) is 11.8 Å². The molecule has 2 N–H and O–H groups in total. The van der Waals surface area contributed by atoms with Crippen molar-refractivity contribution in [2.24, 2.45) is 0 Å². The molecule has 0 saturated carbocycles. The molecule has 4 nitrogen and oxygen atoms in total. The van der Waals surface area contributed by atoms with E-state index in [9.17, 15) is 17.9 Å². The molecule has 0 amide bonds. The predicted octanol–water partition coefficient (Wildman–Crippen LogP) is 3.29. The fraction of sp³-hybridized carbons (Fsp3) is 0.0769. The average molecular weight is 316 g/mol. The van der Waals surface area contributed by atoms with Gasteiger partial charge in [-0.2, -0.15) is 0 Å². The van der Waals surface area contributed by atoms with E-state index in [1.165, 1.54) is 6.07 Å². The van der Waals surface area contributed by atoms with Crippen LogP contribution in [-0.2, 0) is 10.0 Å². The first-order chi connectivity index (χ1) is 9.31. The molecule has 0 aliphatic heterocycles. The molecule has 0 spiro atoms. The summed E-state index contributed by atoms with van der Waals surface area (Å²) in [7, 11) is -4.09. The number of hydrogen-bond acceptors (Lipinski definition) is 3. The van der Waals surface area contributed by atoms with Crippen LogP contribution >= 0.6 is 11.6 Å².